The van der Waals surface area contributed by atoms with Crippen LogP contribution < -0.4 is 10.1 Å². The molecule has 2 N–H and O–H groups in total. The van der Waals surface area contributed by atoms with Crippen molar-refractivity contribution in [2.45, 2.75) is 38.8 Å². The van der Waals surface area contributed by atoms with Gasteiger partial charge in [-0.05, 0) is 24.1 Å². The zero-order chi connectivity index (χ0) is 18.2. The quantitative estimate of drug-likeness (QED) is 0.727. The standard InChI is InChI=1S/C18H23N3O4/c1-3-4-5-16(18(23)24)20-17(22)14-10-19-21(12-14)11-13-6-8-15(25-2)9-7-13/h6-10,12,16H,3-5,11H2,1-2H3,(H,20,22)(H,23,24). The lowest BCUT2D eigenvalue weighted by molar-refractivity contribution is -0.139. The molecule has 0 aliphatic heterocycles. The van der Waals surface area contributed by atoms with E-state index in [1.807, 2.05) is 31.2 Å². The number of hydrogen-bond donors (Lipinski definition) is 2. The number of unbranched alkanes of at least 4 members (excludes halogenated alkanes) is 1. The van der Waals surface area contributed by atoms with Crippen molar-refractivity contribution in [2.75, 3.05) is 7.11 Å². The summed E-state index contributed by atoms with van der Waals surface area (Å²) in [6, 6.07) is 6.68. The Labute approximate surface area is 146 Å². The molecular weight excluding hydrogens is 322 g/mol. The maximum Gasteiger partial charge on any atom is 0.326 e. The van der Waals surface area contributed by atoms with Gasteiger partial charge in [0, 0.05) is 6.20 Å². The SMILES string of the molecule is CCCCC(NC(=O)c1cnn(Cc2ccc(OC)cc2)c1)C(=O)O. The molecule has 2 rings (SSSR count). The second kappa shape index (κ2) is 8.86. The monoisotopic (exact) mass is 345 g/mol. The number of aromatic nitrogens is 2. The first kappa shape index (κ1) is 18.5. The zero-order valence-corrected chi connectivity index (χ0v) is 14.4. The van der Waals surface area contributed by atoms with E-state index in [4.69, 9.17) is 4.74 Å². The number of amides is 1. The van der Waals surface area contributed by atoms with Gasteiger partial charge >= 0.3 is 5.97 Å². The van der Waals surface area contributed by atoms with Gasteiger partial charge in [0.1, 0.15) is 11.8 Å². The Morgan fingerprint density at radius 2 is 2.04 bits per heavy atom. The number of rotatable bonds is 9. The van der Waals surface area contributed by atoms with E-state index in [0.717, 1.165) is 24.2 Å². The second-order valence-electron chi connectivity index (χ2n) is 5.78. The maximum atomic E-state index is 12.2. The number of ether oxygens (including phenoxy) is 1. The molecular formula is C18H23N3O4. The molecule has 0 aliphatic rings. The molecule has 1 atom stereocenters. The Balaban J connectivity index is 1.98. The first-order valence-electron chi connectivity index (χ1n) is 8.22. The number of hydrogen-bond acceptors (Lipinski definition) is 4. The van der Waals surface area contributed by atoms with Crippen LogP contribution in [0, 0.1) is 0 Å². The summed E-state index contributed by atoms with van der Waals surface area (Å²) in [4.78, 5) is 23.5. The highest BCUT2D eigenvalue weighted by Gasteiger charge is 2.20. The maximum absolute atomic E-state index is 12.2. The highest BCUT2D eigenvalue weighted by Crippen LogP contribution is 2.12. The van der Waals surface area contributed by atoms with Crippen molar-refractivity contribution in [3.05, 3.63) is 47.8 Å². The fraction of sp³-hybridized carbons (Fsp3) is 0.389. The number of benzene rings is 1. The highest BCUT2D eigenvalue weighted by atomic mass is 16.5. The number of nitrogens with one attached hydrogen (secondary N) is 1. The lowest BCUT2D eigenvalue weighted by atomic mass is 10.1. The molecule has 134 valence electrons. The van der Waals surface area contributed by atoms with Crippen LogP contribution in [-0.2, 0) is 11.3 Å². The molecule has 0 saturated heterocycles. The number of carboxylic acid groups (broad SMARTS) is 1. The normalized spacial score (nSPS) is 11.8. The fourth-order valence-corrected chi connectivity index (χ4v) is 2.39. The van der Waals surface area contributed by atoms with Crippen molar-refractivity contribution < 1.29 is 19.4 Å². The smallest absolute Gasteiger partial charge is 0.326 e. The molecule has 1 aromatic carbocycles. The van der Waals surface area contributed by atoms with Gasteiger partial charge in [0.25, 0.3) is 5.91 Å². The Hall–Kier alpha value is -2.83. The lowest BCUT2D eigenvalue weighted by Crippen LogP contribution is -2.40. The summed E-state index contributed by atoms with van der Waals surface area (Å²) in [5.41, 5.74) is 1.36. The van der Waals surface area contributed by atoms with Crippen LogP contribution in [0.3, 0.4) is 0 Å². The average molecular weight is 345 g/mol. The Bertz CT molecular complexity index is 709. The Morgan fingerprint density at radius 1 is 1.32 bits per heavy atom. The zero-order valence-electron chi connectivity index (χ0n) is 14.4. The molecule has 0 bridgehead atoms. The minimum absolute atomic E-state index is 0.344. The summed E-state index contributed by atoms with van der Waals surface area (Å²) >= 11 is 0. The number of carboxylic acids is 1. The van der Waals surface area contributed by atoms with Crippen LogP contribution in [0.4, 0.5) is 0 Å². The van der Waals surface area contributed by atoms with E-state index in [0.29, 0.717) is 18.5 Å². The van der Waals surface area contributed by atoms with Gasteiger partial charge in [-0.3, -0.25) is 9.48 Å². The predicted octanol–water partition coefficient (Wildman–Crippen LogP) is 2.31. The Kier molecular flexibility index (Phi) is 6.56. The van der Waals surface area contributed by atoms with Crippen molar-refractivity contribution in [3.63, 3.8) is 0 Å². The Morgan fingerprint density at radius 3 is 2.64 bits per heavy atom. The van der Waals surface area contributed by atoms with Gasteiger partial charge in [-0.1, -0.05) is 31.9 Å². The molecule has 7 heteroatoms. The van der Waals surface area contributed by atoms with E-state index in [9.17, 15) is 14.7 Å². The third kappa shape index (κ3) is 5.34. The van der Waals surface area contributed by atoms with Gasteiger partial charge in [0.15, 0.2) is 0 Å². The van der Waals surface area contributed by atoms with Crippen molar-refractivity contribution >= 4 is 11.9 Å². The topological polar surface area (TPSA) is 93.5 Å². The lowest BCUT2D eigenvalue weighted by Gasteiger charge is -2.13. The third-order valence-electron chi connectivity index (χ3n) is 3.85. The summed E-state index contributed by atoms with van der Waals surface area (Å²) in [5, 5.41) is 15.9. The minimum atomic E-state index is -1.02. The predicted molar refractivity (Wildman–Crippen MR) is 92.7 cm³/mol. The number of methoxy groups -OCH3 is 1. The molecule has 0 spiro atoms. The van der Waals surface area contributed by atoms with Crippen LogP contribution in [0.25, 0.3) is 0 Å². The molecule has 0 saturated carbocycles. The van der Waals surface area contributed by atoms with E-state index in [2.05, 4.69) is 10.4 Å². The van der Waals surface area contributed by atoms with Gasteiger partial charge in [-0.25, -0.2) is 4.79 Å². The molecule has 2 aromatic rings. The molecule has 1 aromatic heterocycles. The van der Waals surface area contributed by atoms with Crippen LogP contribution in [0.2, 0.25) is 0 Å². The van der Waals surface area contributed by atoms with Crippen molar-refractivity contribution in [3.8, 4) is 5.75 Å². The second-order valence-corrected chi connectivity index (χ2v) is 5.78. The van der Waals surface area contributed by atoms with Gasteiger partial charge < -0.3 is 15.2 Å². The van der Waals surface area contributed by atoms with Crippen LogP contribution in [0.5, 0.6) is 5.75 Å². The van der Waals surface area contributed by atoms with Crippen molar-refractivity contribution in [2.24, 2.45) is 0 Å². The molecule has 25 heavy (non-hydrogen) atoms. The largest absolute Gasteiger partial charge is 0.497 e. The van der Waals surface area contributed by atoms with Crippen molar-refractivity contribution in [1.29, 1.82) is 0 Å². The summed E-state index contributed by atoms with van der Waals surface area (Å²) in [7, 11) is 1.61. The summed E-state index contributed by atoms with van der Waals surface area (Å²) in [6.45, 7) is 2.49. The van der Waals surface area contributed by atoms with Crippen LogP contribution >= 0.6 is 0 Å². The van der Waals surface area contributed by atoms with E-state index >= 15 is 0 Å². The molecule has 1 amide bonds. The first-order chi connectivity index (χ1) is 12.0. The van der Waals surface area contributed by atoms with Gasteiger partial charge in [-0.2, -0.15) is 5.10 Å². The number of carbonyl (C=O) groups excluding carboxylic acids is 1. The number of aliphatic carboxylic acids is 1. The van der Waals surface area contributed by atoms with Crippen LogP contribution in [0.15, 0.2) is 36.7 Å². The fourth-order valence-electron chi connectivity index (χ4n) is 2.39. The third-order valence-corrected chi connectivity index (χ3v) is 3.85. The van der Waals surface area contributed by atoms with Crippen molar-refractivity contribution in [1.82, 2.24) is 15.1 Å². The molecule has 0 fully saturated rings. The summed E-state index contributed by atoms with van der Waals surface area (Å²) < 4.78 is 6.75. The highest BCUT2D eigenvalue weighted by molar-refractivity contribution is 5.96. The van der Waals surface area contributed by atoms with E-state index < -0.39 is 17.9 Å². The van der Waals surface area contributed by atoms with Crippen LogP contribution in [0.1, 0.15) is 42.1 Å². The molecule has 0 radical (unpaired) electrons. The first-order valence-corrected chi connectivity index (χ1v) is 8.22. The van der Waals surface area contributed by atoms with E-state index in [1.165, 1.54) is 6.20 Å². The number of nitrogens with zero attached hydrogens (tertiary/aromatic N) is 2. The van der Waals surface area contributed by atoms with E-state index in [-0.39, 0.29) is 0 Å². The van der Waals surface area contributed by atoms with E-state index in [1.54, 1.807) is 18.0 Å². The molecule has 7 nitrogen and oxygen atoms in total. The summed E-state index contributed by atoms with van der Waals surface area (Å²) in [6.07, 6.45) is 5.08. The average Bonchev–Trinajstić information content (AvgIpc) is 3.07. The minimum Gasteiger partial charge on any atom is -0.497 e. The number of carbonyl (C=O) groups is 2. The van der Waals surface area contributed by atoms with Crippen LogP contribution in [-0.4, -0.2) is 39.9 Å². The summed E-state index contributed by atoms with van der Waals surface area (Å²) in [5.74, 6) is -0.673. The molecule has 1 heterocycles. The van der Waals surface area contributed by atoms with Gasteiger partial charge in [0.2, 0.25) is 0 Å². The van der Waals surface area contributed by atoms with Gasteiger partial charge in [0.05, 0.1) is 25.4 Å². The molecule has 1 unspecified atom stereocenters. The van der Waals surface area contributed by atoms with Gasteiger partial charge in [-0.15, -0.1) is 0 Å². The molecule has 0 aliphatic carbocycles.